The first-order chi connectivity index (χ1) is 11.4. The molecule has 3 heteroatoms. The van der Waals surface area contributed by atoms with Crippen molar-refractivity contribution in [2.75, 3.05) is 0 Å². The molecule has 0 spiro atoms. The van der Waals surface area contributed by atoms with Gasteiger partial charge in [0, 0.05) is 0 Å². The number of carbonyl (C=O) groups excluding carboxylic acids is 1. The normalized spacial score (nSPS) is 11.8. The molecule has 2 rings (SSSR count). The fourth-order valence-electron chi connectivity index (χ4n) is 2.40. The molecule has 0 radical (unpaired) electrons. The van der Waals surface area contributed by atoms with E-state index in [0.29, 0.717) is 12.3 Å². The molecule has 24 heavy (non-hydrogen) atoms. The zero-order chi connectivity index (χ0) is 17.7. The number of ketones is 1. The molecule has 0 saturated carbocycles. The van der Waals surface area contributed by atoms with E-state index in [1.807, 2.05) is 6.07 Å². The van der Waals surface area contributed by atoms with Crippen LogP contribution in [0.4, 0.5) is 5.69 Å². The Kier molecular flexibility index (Phi) is 6.78. The predicted octanol–water partition coefficient (Wildman–Crippen LogP) is 4.29. The summed E-state index contributed by atoms with van der Waals surface area (Å²) in [7, 11) is 0. The molecule has 0 saturated heterocycles. The number of aliphatic imine (C=N–C) groups is 1. The summed E-state index contributed by atoms with van der Waals surface area (Å²) in [6.07, 6.45) is 0.570. The van der Waals surface area contributed by atoms with Gasteiger partial charge in [-0.3, -0.25) is 0 Å². The first-order valence-electron chi connectivity index (χ1n) is 8.29. The van der Waals surface area contributed by atoms with E-state index < -0.39 is 20.9 Å². The maximum absolute atomic E-state index is 12.8. The summed E-state index contributed by atoms with van der Waals surface area (Å²) in [4.78, 5) is 17.6. The van der Waals surface area contributed by atoms with Crippen molar-refractivity contribution in [3.63, 3.8) is 0 Å². The molecule has 0 bridgehead atoms. The van der Waals surface area contributed by atoms with Crippen LogP contribution < -0.4 is 3.61 Å². The Morgan fingerprint density at radius 1 is 1.00 bits per heavy atom. The summed E-state index contributed by atoms with van der Waals surface area (Å²) >= 11 is -0.786. The minimum atomic E-state index is -0.786. The molecule has 0 fully saturated rings. The second-order valence-electron chi connectivity index (χ2n) is 6.59. The fourth-order valence-corrected chi connectivity index (χ4v) is 4.77. The van der Waals surface area contributed by atoms with Gasteiger partial charge in [0.2, 0.25) is 0 Å². The summed E-state index contributed by atoms with van der Waals surface area (Å²) in [6, 6.07) is 14.7. The first-order valence-corrected chi connectivity index (χ1v) is 10.6. The van der Waals surface area contributed by atoms with Crippen molar-refractivity contribution in [3.05, 3.63) is 59.2 Å². The van der Waals surface area contributed by atoms with Crippen molar-refractivity contribution < 1.29 is 4.79 Å². The zero-order valence-corrected chi connectivity index (χ0v) is 17.4. The molecule has 126 valence electrons. The predicted molar refractivity (Wildman–Crippen MR) is 104 cm³/mol. The Bertz CT molecular complexity index is 725. The van der Waals surface area contributed by atoms with Crippen molar-refractivity contribution in [3.8, 4) is 0 Å². The van der Waals surface area contributed by atoms with Crippen molar-refractivity contribution in [2.45, 2.75) is 41.0 Å². The third-order valence-corrected chi connectivity index (χ3v) is 6.63. The second kappa shape index (κ2) is 8.60. The van der Waals surface area contributed by atoms with Crippen LogP contribution in [-0.2, 0) is 4.79 Å². The topological polar surface area (TPSA) is 29.4 Å². The van der Waals surface area contributed by atoms with E-state index in [9.17, 15) is 4.79 Å². The molecule has 2 aromatic carbocycles. The molecule has 0 atom stereocenters. The molecule has 0 aliphatic rings. The molecule has 0 amide bonds. The van der Waals surface area contributed by atoms with Crippen molar-refractivity contribution >= 4 is 39.8 Å². The van der Waals surface area contributed by atoms with Crippen LogP contribution in [0.3, 0.4) is 0 Å². The average molecular weight is 435 g/mol. The Balaban J connectivity index is 2.40. The second-order valence-corrected chi connectivity index (χ2v) is 9.63. The third-order valence-electron chi connectivity index (χ3n) is 3.72. The van der Waals surface area contributed by atoms with Crippen LogP contribution in [0.1, 0.15) is 37.0 Å². The number of benzene rings is 2. The van der Waals surface area contributed by atoms with Crippen molar-refractivity contribution in [1.82, 2.24) is 0 Å². The van der Waals surface area contributed by atoms with Crippen molar-refractivity contribution in [2.24, 2.45) is 10.9 Å². The van der Waals surface area contributed by atoms with Crippen molar-refractivity contribution in [1.29, 1.82) is 0 Å². The summed E-state index contributed by atoms with van der Waals surface area (Å²) in [6.45, 7) is 10.4. The van der Waals surface area contributed by atoms with Gasteiger partial charge in [0.1, 0.15) is 0 Å². The van der Waals surface area contributed by atoms with Gasteiger partial charge in [0.25, 0.3) is 0 Å². The Labute approximate surface area is 155 Å². The summed E-state index contributed by atoms with van der Waals surface area (Å²) < 4.78 is 2.04. The molecule has 0 aromatic heterocycles. The SMILES string of the molecule is Cc1ccc([Te]C(=Nc2c(C)cccc2C)C(=O)CC(C)C)cc1. The number of aryl methyl sites for hydroxylation is 3. The van der Waals surface area contributed by atoms with E-state index in [-0.39, 0.29) is 5.78 Å². The van der Waals surface area contributed by atoms with Crippen LogP contribution in [-0.4, -0.2) is 30.5 Å². The van der Waals surface area contributed by atoms with Gasteiger partial charge in [-0.15, -0.1) is 0 Å². The van der Waals surface area contributed by atoms with Gasteiger partial charge in [-0.2, -0.15) is 0 Å². The average Bonchev–Trinajstić information content (AvgIpc) is 2.51. The molecule has 0 aliphatic carbocycles. The van der Waals surface area contributed by atoms with Crippen LogP contribution in [0.25, 0.3) is 0 Å². The van der Waals surface area contributed by atoms with Crippen LogP contribution in [0.5, 0.6) is 0 Å². The Morgan fingerprint density at radius 2 is 1.58 bits per heavy atom. The van der Waals surface area contributed by atoms with E-state index in [1.54, 1.807) is 0 Å². The van der Waals surface area contributed by atoms with Gasteiger partial charge < -0.3 is 0 Å². The Hall–Kier alpha value is -1.43. The quantitative estimate of drug-likeness (QED) is 0.492. The van der Waals surface area contributed by atoms with E-state index >= 15 is 0 Å². The van der Waals surface area contributed by atoms with Gasteiger partial charge in [0.05, 0.1) is 0 Å². The van der Waals surface area contributed by atoms with Crippen LogP contribution in [0.2, 0.25) is 0 Å². The van der Waals surface area contributed by atoms with Crippen LogP contribution in [0, 0.1) is 26.7 Å². The Morgan fingerprint density at radius 3 is 2.12 bits per heavy atom. The zero-order valence-electron chi connectivity index (χ0n) is 15.1. The number of Topliss-reactive ketones (excluding diaryl/α,β-unsaturated/α-hetero) is 1. The van der Waals surface area contributed by atoms with Crippen LogP contribution in [0.15, 0.2) is 47.5 Å². The summed E-state index contributed by atoms with van der Waals surface area (Å²) in [5, 5.41) is 0. The molecule has 2 nitrogen and oxygen atoms in total. The standard InChI is InChI=1S/C21H25NOTe/c1-14(2)13-19(23)21(24-18-11-9-15(3)10-12-18)22-20-16(4)7-6-8-17(20)5/h6-12,14H,13H2,1-5H3. The molecule has 2 aromatic rings. The van der Waals surface area contributed by atoms with E-state index in [2.05, 4.69) is 71.0 Å². The molecule has 0 unspecified atom stereocenters. The summed E-state index contributed by atoms with van der Waals surface area (Å²) in [5.41, 5.74) is 4.46. The third kappa shape index (κ3) is 5.30. The number of hydrogen-bond acceptors (Lipinski definition) is 2. The van der Waals surface area contributed by atoms with E-state index in [4.69, 9.17) is 4.99 Å². The minimum absolute atomic E-state index is 0.204. The first kappa shape index (κ1) is 18.9. The van der Waals surface area contributed by atoms with Gasteiger partial charge >= 0.3 is 156 Å². The van der Waals surface area contributed by atoms with Gasteiger partial charge in [0.15, 0.2) is 0 Å². The molecular weight excluding hydrogens is 410 g/mol. The molecule has 0 N–H and O–H groups in total. The molecule has 0 aliphatic heterocycles. The number of hydrogen-bond donors (Lipinski definition) is 0. The molecule has 0 heterocycles. The van der Waals surface area contributed by atoms with E-state index in [1.165, 1.54) is 9.17 Å². The number of nitrogens with zero attached hydrogens (tertiary/aromatic N) is 1. The number of carbonyl (C=O) groups is 1. The molecular formula is C21H25NOTe. The number of para-hydroxylation sites is 1. The van der Waals surface area contributed by atoms with Gasteiger partial charge in [-0.05, 0) is 0 Å². The van der Waals surface area contributed by atoms with Crippen LogP contribution >= 0.6 is 0 Å². The number of rotatable bonds is 6. The van der Waals surface area contributed by atoms with Gasteiger partial charge in [-0.25, -0.2) is 0 Å². The monoisotopic (exact) mass is 437 g/mol. The summed E-state index contributed by atoms with van der Waals surface area (Å²) in [5.74, 6) is 0.557. The van der Waals surface area contributed by atoms with Gasteiger partial charge in [-0.1, -0.05) is 0 Å². The fraction of sp³-hybridized carbons (Fsp3) is 0.333. The maximum atomic E-state index is 12.8. The van der Waals surface area contributed by atoms with E-state index in [0.717, 1.165) is 20.6 Å².